The maximum atomic E-state index is 12.0. The van der Waals surface area contributed by atoms with Gasteiger partial charge in [0.25, 0.3) is 5.91 Å². The van der Waals surface area contributed by atoms with E-state index in [4.69, 9.17) is 4.74 Å². The van der Waals surface area contributed by atoms with Crippen LogP contribution in [0.5, 0.6) is 5.75 Å². The minimum absolute atomic E-state index is 0.166. The number of nitrogens with one attached hydrogen (secondary N) is 1. The zero-order valence-corrected chi connectivity index (χ0v) is 11.6. The molecule has 1 aliphatic rings. The number of benzene rings is 1. The van der Waals surface area contributed by atoms with Gasteiger partial charge in [-0.2, -0.15) is 0 Å². The van der Waals surface area contributed by atoms with Crippen LogP contribution in [0.4, 0.5) is 0 Å². The highest BCUT2D eigenvalue weighted by Gasteiger charge is 2.31. The number of carbonyl (C=O) groups excluding carboxylic acids is 1. The molecule has 0 radical (unpaired) electrons. The number of aliphatic hydroxyl groups is 1. The van der Waals surface area contributed by atoms with Gasteiger partial charge < -0.3 is 15.2 Å². The second-order valence-corrected chi connectivity index (χ2v) is 5.24. The highest BCUT2D eigenvalue weighted by molar-refractivity contribution is 5.94. The van der Waals surface area contributed by atoms with E-state index in [2.05, 4.69) is 11.9 Å². The lowest BCUT2D eigenvalue weighted by Crippen LogP contribution is -2.40. The van der Waals surface area contributed by atoms with Crippen molar-refractivity contribution in [2.45, 2.75) is 31.3 Å². The Morgan fingerprint density at radius 1 is 1.35 bits per heavy atom. The van der Waals surface area contributed by atoms with E-state index in [1.165, 1.54) is 0 Å². The molecule has 20 heavy (non-hydrogen) atoms. The number of ether oxygens (including phenoxy) is 1. The molecule has 1 aromatic rings. The van der Waals surface area contributed by atoms with Crippen molar-refractivity contribution in [2.75, 3.05) is 13.2 Å². The number of hydrogen-bond donors (Lipinski definition) is 2. The van der Waals surface area contributed by atoms with Gasteiger partial charge in [0.1, 0.15) is 12.4 Å². The molecule has 0 aromatic heterocycles. The molecule has 0 bridgehead atoms. The minimum atomic E-state index is -0.720. The first kappa shape index (κ1) is 14.6. The quantitative estimate of drug-likeness (QED) is 0.783. The lowest BCUT2D eigenvalue weighted by molar-refractivity contribution is 0.0449. The molecule has 1 amide bonds. The lowest BCUT2D eigenvalue weighted by Gasteiger charge is -2.22. The number of carbonyl (C=O) groups is 1. The second-order valence-electron chi connectivity index (χ2n) is 5.24. The van der Waals surface area contributed by atoms with Gasteiger partial charge in [-0.1, -0.05) is 25.5 Å². The number of rotatable bonds is 6. The third kappa shape index (κ3) is 3.84. The Bertz CT molecular complexity index is 461. The van der Waals surface area contributed by atoms with Crippen LogP contribution < -0.4 is 10.1 Å². The summed E-state index contributed by atoms with van der Waals surface area (Å²) in [6.45, 7) is 4.34. The van der Waals surface area contributed by atoms with Crippen molar-refractivity contribution in [1.29, 1.82) is 0 Å². The Morgan fingerprint density at radius 3 is 2.60 bits per heavy atom. The molecular formula is C16H21NO3. The lowest BCUT2D eigenvalue weighted by atomic mass is 10.0. The molecule has 2 N–H and O–H groups in total. The summed E-state index contributed by atoms with van der Waals surface area (Å²) in [6.07, 6.45) is 5.26. The van der Waals surface area contributed by atoms with E-state index in [9.17, 15) is 9.90 Å². The highest BCUT2D eigenvalue weighted by Crippen LogP contribution is 2.28. The summed E-state index contributed by atoms with van der Waals surface area (Å²) in [4.78, 5) is 12.0. The van der Waals surface area contributed by atoms with Gasteiger partial charge in [0, 0.05) is 12.1 Å². The molecule has 1 aromatic carbocycles. The molecule has 4 nitrogen and oxygen atoms in total. The Balaban J connectivity index is 1.87. The van der Waals surface area contributed by atoms with Crippen LogP contribution in [0, 0.1) is 0 Å². The van der Waals surface area contributed by atoms with Crippen LogP contribution in [-0.4, -0.2) is 29.8 Å². The third-order valence-corrected chi connectivity index (χ3v) is 3.60. The van der Waals surface area contributed by atoms with Gasteiger partial charge in [0.05, 0.1) is 5.60 Å². The van der Waals surface area contributed by atoms with Crippen molar-refractivity contribution in [3.63, 3.8) is 0 Å². The fourth-order valence-electron chi connectivity index (χ4n) is 2.41. The molecule has 1 saturated carbocycles. The molecule has 1 fully saturated rings. The fraction of sp³-hybridized carbons (Fsp3) is 0.438. The smallest absolute Gasteiger partial charge is 0.251 e. The van der Waals surface area contributed by atoms with Crippen molar-refractivity contribution < 1.29 is 14.6 Å². The summed E-state index contributed by atoms with van der Waals surface area (Å²) in [5.41, 5.74) is -0.152. The predicted octanol–water partition coefficient (Wildman–Crippen LogP) is 2.29. The van der Waals surface area contributed by atoms with Crippen molar-refractivity contribution in [2.24, 2.45) is 0 Å². The number of amides is 1. The Labute approximate surface area is 119 Å². The normalized spacial score (nSPS) is 16.6. The van der Waals surface area contributed by atoms with Gasteiger partial charge in [0.15, 0.2) is 0 Å². The summed E-state index contributed by atoms with van der Waals surface area (Å²) in [5.74, 6) is 0.538. The predicted molar refractivity (Wildman–Crippen MR) is 77.9 cm³/mol. The van der Waals surface area contributed by atoms with Crippen LogP contribution in [0.2, 0.25) is 0 Å². The first-order valence-corrected chi connectivity index (χ1v) is 6.97. The molecule has 2 rings (SSSR count). The molecule has 108 valence electrons. The summed E-state index contributed by atoms with van der Waals surface area (Å²) in [6, 6.07) is 6.93. The average Bonchev–Trinajstić information content (AvgIpc) is 2.90. The average molecular weight is 275 g/mol. The van der Waals surface area contributed by atoms with Crippen LogP contribution in [-0.2, 0) is 0 Å². The van der Waals surface area contributed by atoms with Crippen molar-refractivity contribution in [3.8, 4) is 5.75 Å². The van der Waals surface area contributed by atoms with E-state index >= 15 is 0 Å². The SMILES string of the molecule is C=CCOc1ccc(C(=O)NCC2(O)CCCC2)cc1. The Morgan fingerprint density at radius 2 is 2.00 bits per heavy atom. The Hall–Kier alpha value is -1.81. The zero-order chi connectivity index (χ0) is 14.4. The van der Waals surface area contributed by atoms with E-state index in [1.54, 1.807) is 30.3 Å². The highest BCUT2D eigenvalue weighted by atomic mass is 16.5. The molecule has 0 heterocycles. The molecule has 0 aliphatic heterocycles. The molecule has 0 unspecified atom stereocenters. The van der Waals surface area contributed by atoms with Gasteiger partial charge in [-0.3, -0.25) is 4.79 Å². The first-order valence-electron chi connectivity index (χ1n) is 6.97. The van der Waals surface area contributed by atoms with Gasteiger partial charge in [-0.15, -0.1) is 0 Å². The van der Waals surface area contributed by atoms with E-state index in [1.807, 2.05) is 0 Å². The standard InChI is InChI=1S/C16H21NO3/c1-2-11-20-14-7-5-13(6-8-14)15(18)17-12-16(19)9-3-4-10-16/h2,5-8,19H,1,3-4,9-12H2,(H,17,18). The van der Waals surface area contributed by atoms with Crippen molar-refractivity contribution in [3.05, 3.63) is 42.5 Å². The van der Waals surface area contributed by atoms with Crippen molar-refractivity contribution in [1.82, 2.24) is 5.32 Å². The van der Waals surface area contributed by atoms with Crippen molar-refractivity contribution >= 4 is 5.91 Å². The maximum absolute atomic E-state index is 12.0. The van der Waals surface area contributed by atoms with Gasteiger partial charge in [-0.25, -0.2) is 0 Å². The summed E-state index contributed by atoms with van der Waals surface area (Å²) in [5, 5.41) is 13.0. The molecule has 4 heteroatoms. The van der Waals surface area contributed by atoms with E-state index < -0.39 is 5.60 Å². The van der Waals surface area contributed by atoms with Gasteiger partial charge in [-0.05, 0) is 37.1 Å². The van der Waals surface area contributed by atoms with E-state index in [-0.39, 0.29) is 5.91 Å². The molecule has 0 spiro atoms. The van der Waals surface area contributed by atoms with Gasteiger partial charge >= 0.3 is 0 Å². The number of hydrogen-bond acceptors (Lipinski definition) is 3. The topological polar surface area (TPSA) is 58.6 Å². The molecule has 1 aliphatic carbocycles. The zero-order valence-electron chi connectivity index (χ0n) is 11.6. The third-order valence-electron chi connectivity index (χ3n) is 3.60. The van der Waals surface area contributed by atoms with Gasteiger partial charge in [0.2, 0.25) is 0 Å². The van der Waals surface area contributed by atoms with Crippen LogP contribution >= 0.6 is 0 Å². The summed E-state index contributed by atoms with van der Waals surface area (Å²) < 4.78 is 5.36. The van der Waals surface area contributed by atoms with Crippen LogP contribution in [0.1, 0.15) is 36.0 Å². The van der Waals surface area contributed by atoms with E-state index in [0.29, 0.717) is 24.5 Å². The molecule has 0 saturated heterocycles. The Kier molecular flexibility index (Phi) is 4.79. The van der Waals surface area contributed by atoms with E-state index in [0.717, 1.165) is 25.7 Å². The van der Waals surface area contributed by atoms with Crippen LogP contribution in [0.25, 0.3) is 0 Å². The molecular weight excluding hydrogens is 254 g/mol. The van der Waals surface area contributed by atoms with Crippen LogP contribution in [0.15, 0.2) is 36.9 Å². The first-order chi connectivity index (χ1) is 9.63. The molecule has 0 atom stereocenters. The summed E-state index contributed by atoms with van der Waals surface area (Å²) in [7, 11) is 0. The minimum Gasteiger partial charge on any atom is -0.490 e. The summed E-state index contributed by atoms with van der Waals surface area (Å²) >= 11 is 0. The fourth-order valence-corrected chi connectivity index (χ4v) is 2.41. The maximum Gasteiger partial charge on any atom is 0.251 e. The second kappa shape index (κ2) is 6.57. The van der Waals surface area contributed by atoms with Crippen LogP contribution in [0.3, 0.4) is 0 Å². The monoisotopic (exact) mass is 275 g/mol. The largest absolute Gasteiger partial charge is 0.490 e.